The molecule has 1 aromatic rings. The molecule has 24 heavy (non-hydrogen) atoms. The second kappa shape index (κ2) is 7.53. The summed E-state index contributed by atoms with van der Waals surface area (Å²) in [5, 5.41) is 3.00. The third-order valence-corrected chi connectivity index (χ3v) is 5.77. The van der Waals surface area contributed by atoms with Gasteiger partial charge in [0, 0.05) is 13.1 Å². The highest BCUT2D eigenvalue weighted by Crippen LogP contribution is 2.24. The lowest BCUT2D eigenvalue weighted by atomic mass is 9.97. The number of ether oxygens (including phenoxy) is 1. The van der Waals surface area contributed by atoms with E-state index in [1.54, 1.807) is 7.11 Å². The summed E-state index contributed by atoms with van der Waals surface area (Å²) in [6.45, 7) is 4.65. The molecule has 1 saturated heterocycles. The average molecular weight is 354 g/mol. The number of amides is 1. The molecule has 0 radical (unpaired) electrons. The fourth-order valence-electron chi connectivity index (χ4n) is 3.04. The fraction of sp³-hybridized carbons (Fsp3) is 0.588. The van der Waals surface area contributed by atoms with Gasteiger partial charge in [0.25, 0.3) is 0 Å². The quantitative estimate of drug-likeness (QED) is 0.876. The summed E-state index contributed by atoms with van der Waals surface area (Å²) in [5.41, 5.74) is 2.01. The molecule has 2 rings (SSSR count). The van der Waals surface area contributed by atoms with Crippen LogP contribution in [0.2, 0.25) is 0 Å². The summed E-state index contributed by atoms with van der Waals surface area (Å²) < 4.78 is 30.0. The van der Waals surface area contributed by atoms with Crippen LogP contribution in [0.1, 0.15) is 36.9 Å². The minimum atomic E-state index is -3.25. The first-order valence-corrected chi connectivity index (χ1v) is 9.97. The van der Waals surface area contributed by atoms with Gasteiger partial charge in [-0.05, 0) is 43.9 Å². The molecule has 134 valence electrons. The molecule has 1 N–H and O–H groups in total. The molecule has 1 aliphatic rings. The van der Waals surface area contributed by atoms with Crippen LogP contribution >= 0.6 is 0 Å². The van der Waals surface area contributed by atoms with Gasteiger partial charge >= 0.3 is 0 Å². The number of carbonyl (C=O) groups excluding carboxylic acids is 1. The minimum Gasteiger partial charge on any atom is -0.496 e. The van der Waals surface area contributed by atoms with Crippen molar-refractivity contribution in [2.75, 3.05) is 26.5 Å². The number of methoxy groups -OCH3 is 1. The van der Waals surface area contributed by atoms with Crippen LogP contribution in [0.3, 0.4) is 0 Å². The van der Waals surface area contributed by atoms with Gasteiger partial charge in [-0.2, -0.15) is 0 Å². The third-order valence-electron chi connectivity index (χ3n) is 4.50. The van der Waals surface area contributed by atoms with E-state index >= 15 is 0 Å². The van der Waals surface area contributed by atoms with Crippen molar-refractivity contribution in [1.29, 1.82) is 0 Å². The largest absolute Gasteiger partial charge is 0.496 e. The van der Waals surface area contributed by atoms with Crippen molar-refractivity contribution in [2.24, 2.45) is 5.92 Å². The Morgan fingerprint density at radius 1 is 1.42 bits per heavy atom. The second-order valence-corrected chi connectivity index (χ2v) is 8.40. The number of nitrogens with zero attached hydrogens (tertiary/aromatic N) is 1. The summed E-state index contributed by atoms with van der Waals surface area (Å²) in [4.78, 5) is 12.5. The van der Waals surface area contributed by atoms with Crippen LogP contribution in [-0.4, -0.2) is 45.1 Å². The molecule has 0 saturated carbocycles. The molecular weight excluding hydrogens is 328 g/mol. The monoisotopic (exact) mass is 354 g/mol. The molecule has 1 aliphatic heterocycles. The molecule has 6 nitrogen and oxygen atoms in total. The van der Waals surface area contributed by atoms with E-state index in [4.69, 9.17) is 4.74 Å². The second-order valence-electron chi connectivity index (χ2n) is 6.42. The Hall–Kier alpha value is -1.60. The molecule has 1 fully saturated rings. The highest BCUT2D eigenvalue weighted by atomic mass is 32.2. The number of hydrogen-bond acceptors (Lipinski definition) is 4. The van der Waals surface area contributed by atoms with Crippen molar-refractivity contribution < 1.29 is 17.9 Å². The number of sulfonamides is 1. The number of rotatable bonds is 5. The van der Waals surface area contributed by atoms with Gasteiger partial charge in [-0.3, -0.25) is 4.79 Å². The summed E-state index contributed by atoms with van der Waals surface area (Å²) in [5.74, 6) is 0.424. The van der Waals surface area contributed by atoms with E-state index in [1.165, 1.54) is 10.6 Å². The Bertz CT molecular complexity index is 703. The molecular formula is C17H26N2O4S. The Morgan fingerprint density at radius 2 is 2.12 bits per heavy atom. The van der Waals surface area contributed by atoms with E-state index in [0.717, 1.165) is 16.9 Å². The highest BCUT2D eigenvalue weighted by molar-refractivity contribution is 7.88. The fourth-order valence-corrected chi connectivity index (χ4v) is 3.95. The van der Waals surface area contributed by atoms with Gasteiger partial charge in [-0.25, -0.2) is 12.7 Å². The Morgan fingerprint density at radius 3 is 2.71 bits per heavy atom. The predicted octanol–water partition coefficient (Wildman–Crippen LogP) is 1.85. The average Bonchev–Trinajstić information content (AvgIpc) is 2.54. The van der Waals surface area contributed by atoms with Crippen LogP contribution < -0.4 is 10.1 Å². The van der Waals surface area contributed by atoms with Crippen molar-refractivity contribution in [3.63, 3.8) is 0 Å². The Kier molecular flexibility index (Phi) is 5.87. The van der Waals surface area contributed by atoms with Gasteiger partial charge in [0.2, 0.25) is 15.9 Å². The molecule has 0 spiro atoms. The standard InChI is InChI=1S/C17H26N2O4S/c1-12-10-14(7-8-16(12)23-3)13(2)18-17(20)15-6-5-9-19(11-15)24(4,21)22/h7-8,10,13,15H,5-6,9,11H2,1-4H3,(H,18,20)/t13-,15-/m0/s1. The third kappa shape index (κ3) is 4.48. The maximum atomic E-state index is 12.5. The predicted molar refractivity (Wildman–Crippen MR) is 93.4 cm³/mol. The lowest BCUT2D eigenvalue weighted by molar-refractivity contribution is -0.126. The summed E-state index contributed by atoms with van der Waals surface area (Å²) in [6.07, 6.45) is 2.61. The lowest BCUT2D eigenvalue weighted by Gasteiger charge is -2.31. The van der Waals surface area contributed by atoms with Crippen LogP contribution in [0.4, 0.5) is 0 Å². The first-order chi connectivity index (χ1) is 11.2. The zero-order chi connectivity index (χ0) is 17.9. The molecule has 2 atom stereocenters. The molecule has 1 amide bonds. The summed E-state index contributed by atoms with van der Waals surface area (Å²) in [7, 11) is -1.62. The zero-order valence-corrected chi connectivity index (χ0v) is 15.5. The SMILES string of the molecule is COc1ccc([C@H](C)NC(=O)[C@H]2CCCN(S(C)(=O)=O)C2)cc1C. The van der Waals surface area contributed by atoms with Gasteiger partial charge in [-0.15, -0.1) is 0 Å². The van der Waals surface area contributed by atoms with E-state index in [9.17, 15) is 13.2 Å². The van der Waals surface area contributed by atoms with E-state index in [0.29, 0.717) is 19.4 Å². The van der Waals surface area contributed by atoms with Crippen molar-refractivity contribution >= 4 is 15.9 Å². The van der Waals surface area contributed by atoms with Crippen molar-refractivity contribution in [3.8, 4) is 5.75 Å². The summed E-state index contributed by atoms with van der Waals surface area (Å²) >= 11 is 0. The van der Waals surface area contributed by atoms with Gasteiger partial charge in [-0.1, -0.05) is 12.1 Å². The van der Waals surface area contributed by atoms with Crippen LogP contribution in [0.5, 0.6) is 5.75 Å². The molecule has 0 bridgehead atoms. The van der Waals surface area contributed by atoms with Gasteiger partial charge in [0.15, 0.2) is 0 Å². The normalized spacial score (nSPS) is 20.4. The van der Waals surface area contributed by atoms with Crippen LogP contribution in [0.25, 0.3) is 0 Å². The number of nitrogens with one attached hydrogen (secondary N) is 1. The molecule has 0 aliphatic carbocycles. The lowest BCUT2D eigenvalue weighted by Crippen LogP contribution is -2.45. The Balaban J connectivity index is 2.02. The van der Waals surface area contributed by atoms with Gasteiger partial charge < -0.3 is 10.1 Å². The van der Waals surface area contributed by atoms with Gasteiger partial charge in [0.05, 0.1) is 25.3 Å². The maximum Gasteiger partial charge on any atom is 0.224 e. The van der Waals surface area contributed by atoms with E-state index in [-0.39, 0.29) is 24.4 Å². The first-order valence-electron chi connectivity index (χ1n) is 8.12. The van der Waals surface area contributed by atoms with E-state index in [1.807, 2.05) is 32.0 Å². The highest BCUT2D eigenvalue weighted by Gasteiger charge is 2.30. The number of piperidine rings is 1. The number of hydrogen-bond donors (Lipinski definition) is 1. The first kappa shape index (κ1) is 18.7. The van der Waals surface area contributed by atoms with Gasteiger partial charge in [0.1, 0.15) is 5.75 Å². The van der Waals surface area contributed by atoms with E-state index < -0.39 is 10.0 Å². The molecule has 1 heterocycles. The summed E-state index contributed by atoms with van der Waals surface area (Å²) in [6, 6.07) is 5.67. The molecule has 7 heteroatoms. The molecule has 0 unspecified atom stereocenters. The minimum absolute atomic E-state index is 0.0932. The Labute approximate surface area is 144 Å². The zero-order valence-electron chi connectivity index (χ0n) is 14.7. The van der Waals surface area contributed by atoms with Crippen molar-refractivity contribution in [2.45, 2.75) is 32.7 Å². The topological polar surface area (TPSA) is 75.7 Å². The van der Waals surface area contributed by atoms with Crippen LogP contribution in [0, 0.1) is 12.8 Å². The van der Waals surface area contributed by atoms with Crippen LogP contribution in [-0.2, 0) is 14.8 Å². The van der Waals surface area contributed by atoms with Crippen molar-refractivity contribution in [3.05, 3.63) is 29.3 Å². The number of benzene rings is 1. The van der Waals surface area contributed by atoms with Crippen molar-refractivity contribution in [1.82, 2.24) is 9.62 Å². The maximum absolute atomic E-state index is 12.5. The molecule has 0 aromatic heterocycles. The number of carbonyl (C=O) groups is 1. The number of aryl methyl sites for hydroxylation is 1. The van der Waals surface area contributed by atoms with Crippen LogP contribution in [0.15, 0.2) is 18.2 Å². The van der Waals surface area contributed by atoms with E-state index in [2.05, 4.69) is 5.32 Å². The molecule has 1 aromatic carbocycles. The smallest absolute Gasteiger partial charge is 0.224 e.